The predicted octanol–water partition coefficient (Wildman–Crippen LogP) is 4.31. The van der Waals surface area contributed by atoms with Crippen LogP contribution >= 0.6 is 0 Å². The van der Waals surface area contributed by atoms with Gasteiger partial charge in [0.05, 0.1) is 0 Å². The van der Waals surface area contributed by atoms with Crippen molar-refractivity contribution in [2.24, 2.45) is 0 Å². The molecule has 0 saturated heterocycles. The molecule has 2 heteroatoms. The van der Waals surface area contributed by atoms with Crippen LogP contribution in [0.5, 0.6) is 0 Å². The molecular weight excluding hydrogens is 244 g/mol. The molecule has 0 aliphatic rings. The highest BCUT2D eigenvalue weighted by Gasteiger charge is 2.02. The zero-order valence-electron chi connectivity index (χ0n) is 10.9. The Bertz CT molecular complexity index is 890. The summed E-state index contributed by atoms with van der Waals surface area (Å²) in [6.07, 6.45) is 0. The van der Waals surface area contributed by atoms with Gasteiger partial charge in [-0.3, -0.25) is 0 Å². The van der Waals surface area contributed by atoms with Crippen molar-refractivity contribution in [1.82, 2.24) is 0 Å². The van der Waals surface area contributed by atoms with E-state index in [0.717, 1.165) is 11.4 Å². The van der Waals surface area contributed by atoms with E-state index in [2.05, 4.69) is 36.4 Å². The molecule has 20 heavy (non-hydrogen) atoms. The lowest BCUT2D eigenvalue weighted by Gasteiger charge is -2.06. The standard InChI is InChI=1S/C18H14N2/c19-17-3-1-11-5-13-8-16-10-18(20)4-2-12(16)6-14(13)7-15(11)9-17/h1-10H,19-20H2. The Hall–Kier alpha value is -2.74. The van der Waals surface area contributed by atoms with Gasteiger partial charge in [0.25, 0.3) is 0 Å². The third-order valence-corrected chi connectivity index (χ3v) is 3.80. The van der Waals surface area contributed by atoms with Crippen LogP contribution in [0.3, 0.4) is 0 Å². The lowest BCUT2D eigenvalue weighted by atomic mass is 9.99. The summed E-state index contributed by atoms with van der Waals surface area (Å²) in [5.74, 6) is 0. The number of rotatable bonds is 0. The fourth-order valence-electron chi connectivity index (χ4n) is 2.79. The Balaban J connectivity index is 2.13. The number of nitrogens with two attached hydrogens (primary N) is 2. The molecule has 0 aliphatic heterocycles. The molecule has 0 aromatic heterocycles. The van der Waals surface area contributed by atoms with Crippen LogP contribution in [0.15, 0.2) is 60.7 Å². The molecule has 0 amide bonds. The molecule has 0 fully saturated rings. The largest absolute Gasteiger partial charge is 0.399 e. The minimum Gasteiger partial charge on any atom is -0.399 e. The molecule has 0 atom stereocenters. The Kier molecular flexibility index (Phi) is 2.15. The summed E-state index contributed by atoms with van der Waals surface area (Å²) in [6, 6.07) is 20.8. The molecule has 4 rings (SSSR count). The number of fused-ring (bicyclic) bond motifs is 3. The number of benzene rings is 4. The quantitative estimate of drug-likeness (QED) is 0.365. The number of hydrogen-bond acceptors (Lipinski definition) is 2. The van der Waals surface area contributed by atoms with Gasteiger partial charge in [-0.2, -0.15) is 0 Å². The van der Waals surface area contributed by atoms with E-state index >= 15 is 0 Å². The van der Waals surface area contributed by atoms with Gasteiger partial charge in [0.2, 0.25) is 0 Å². The molecule has 0 unspecified atom stereocenters. The van der Waals surface area contributed by atoms with E-state index in [0.29, 0.717) is 0 Å². The number of nitrogen functional groups attached to an aromatic ring is 2. The van der Waals surface area contributed by atoms with Crippen LogP contribution in [0.4, 0.5) is 11.4 Å². The second-order valence-electron chi connectivity index (χ2n) is 5.26. The van der Waals surface area contributed by atoms with Crippen molar-refractivity contribution in [2.75, 3.05) is 11.5 Å². The lowest BCUT2D eigenvalue weighted by molar-refractivity contribution is 1.74. The smallest absolute Gasteiger partial charge is 0.0320 e. The highest BCUT2D eigenvalue weighted by Crippen LogP contribution is 2.29. The molecule has 4 aromatic rings. The third-order valence-electron chi connectivity index (χ3n) is 3.80. The molecule has 96 valence electrons. The van der Waals surface area contributed by atoms with E-state index in [-0.39, 0.29) is 0 Å². The van der Waals surface area contributed by atoms with Gasteiger partial charge in [-0.1, -0.05) is 12.1 Å². The Morgan fingerprint density at radius 2 is 0.750 bits per heavy atom. The maximum Gasteiger partial charge on any atom is 0.0320 e. The van der Waals surface area contributed by atoms with Crippen molar-refractivity contribution in [1.29, 1.82) is 0 Å². The summed E-state index contributed by atoms with van der Waals surface area (Å²) in [7, 11) is 0. The highest BCUT2D eigenvalue weighted by molar-refractivity contribution is 6.05. The maximum atomic E-state index is 5.86. The summed E-state index contributed by atoms with van der Waals surface area (Å²) in [6.45, 7) is 0. The number of hydrogen-bond donors (Lipinski definition) is 2. The fraction of sp³-hybridized carbons (Fsp3) is 0. The Labute approximate surface area is 116 Å². The van der Waals surface area contributed by atoms with Crippen LogP contribution in [0, 0.1) is 0 Å². The van der Waals surface area contributed by atoms with Gasteiger partial charge < -0.3 is 11.5 Å². The summed E-state index contributed by atoms with van der Waals surface area (Å²) in [4.78, 5) is 0. The summed E-state index contributed by atoms with van der Waals surface area (Å²) in [5.41, 5.74) is 13.3. The fourth-order valence-corrected chi connectivity index (χ4v) is 2.79. The highest BCUT2D eigenvalue weighted by atomic mass is 14.5. The van der Waals surface area contributed by atoms with Crippen molar-refractivity contribution in [2.45, 2.75) is 0 Å². The first-order chi connectivity index (χ1) is 9.69. The monoisotopic (exact) mass is 258 g/mol. The molecule has 0 aliphatic carbocycles. The van der Waals surface area contributed by atoms with Crippen molar-refractivity contribution in [3.63, 3.8) is 0 Å². The normalized spacial score (nSPS) is 11.4. The molecular formula is C18H14N2. The molecule has 0 heterocycles. The molecule has 4 N–H and O–H groups in total. The van der Waals surface area contributed by atoms with E-state index in [1.807, 2.05) is 24.3 Å². The summed E-state index contributed by atoms with van der Waals surface area (Å²) >= 11 is 0. The average Bonchev–Trinajstić information content (AvgIpc) is 2.43. The molecule has 2 nitrogen and oxygen atoms in total. The van der Waals surface area contributed by atoms with Gasteiger partial charge in [-0.25, -0.2) is 0 Å². The average molecular weight is 258 g/mol. The van der Waals surface area contributed by atoms with E-state index in [1.54, 1.807) is 0 Å². The number of anilines is 2. The van der Waals surface area contributed by atoms with Gasteiger partial charge in [0, 0.05) is 11.4 Å². The van der Waals surface area contributed by atoms with Crippen molar-refractivity contribution < 1.29 is 0 Å². The van der Waals surface area contributed by atoms with Crippen LogP contribution in [0.25, 0.3) is 32.3 Å². The first kappa shape index (κ1) is 11.1. The minimum absolute atomic E-state index is 0.797. The molecule has 4 aromatic carbocycles. The first-order valence-corrected chi connectivity index (χ1v) is 6.61. The molecule has 0 radical (unpaired) electrons. The van der Waals surface area contributed by atoms with Crippen molar-refractivity contribution in [3.8, 4) is 0 Å². The Morgan fingerprint density at radius 3 is 1.20 bits per heavy atom. The third kappa shape index (κ3) is 1.66. The molecule has 0 bridgehead atoms. The van der Waals surface area contributed by atoms with Gasteiger partial charge in [0.1, 0.15) is 0 Å². The van der Waals surface area contributed by atoms with Crippen LogP contribution in [0.1, 0.15) is 0 Å². The summed E-state index contributed by atoms with van der Waals surface area (Å²) < 4.78 is 0. The maximum absolute atomic E-state index is 5.86. The van der Waals surface area contributed by atoms with Gasteiger partial charge in [-0.15, -0.1) is 0 Å². The molecule has 0 saturated carbocycles. The minimum atomic E-state index is 0.797. The van der Waals surface area contributed by atoms with E-state index in [9.17, 15) is 0 Å². The topological polar surface area (TPSA) is 52.0 Å². The Morgan fingerprint density at radius 1 is 0.400 bits per heavy atom. The van der Waals surface area contributed by atoms with Crippen molar-refractivity contribution in [3.05, 3.63) is 60.7 Å². The van der Waals surface area contributed by atoms with Crippen LogP contribution in [-0.2, 0) is 0 Å². The van der Waals surface area contributed by atoms with Crippen molar-refractivity contribution >= 4 is 43.7 Å². The van der Waals surface area contributed by atoms with Gasteiger partial charge >= 0.3 is 0 Å². The lowest BCUT2D eigenvalue weighted by Crippen LogP contribution is -1.86. The van der Waals surface area contributed by atoms with E-state index in [4.69, 9.17) is 11.5 Å². The van der Waals surface area contributed by atoms with Crippen LogP contribution < -0.4 is 11.5 Å². The zero-order chi connectivity index (χ0) is 13.7. The van der Waals surface area contributed by atoms with Crippen LogP contribution in [-0.4, -0.2) is 0 Å². The van der Waals surface area contributed by atoms with E-state index < -0.39 is 0 Å². The second kappa shape index (κ2) is 3.87. The SMILES string of the molecule is Nc1ccc2cc3cc4cc(N)ccc4cc3cc2c1. The van der Waals surface area contributed by atoms with Gasteiger partial charge in [-0.05, 0) is 80.8 Å². The second-order valence-corrected chi connectivity index (χ2v) is 5.26. The first-order valence-electron chi connectivity index (χ1n) is 6.61. The molecule has 0 spiro atoms. The zero-order valence-corrected chi connectivity index (χ0v) is 10.9. The van der Waals surface area contributed by atoms with Gasteiger partial charge in [0.15, 0.2) is 0 Å². The van der Waals surface area contributed by atoms with Crippen LogP contribution in [0.2, 0.25) is 0 Å². The predicted molar refractivity (Wildman–Crippen MR) is 87.8 cm³/mol. The summed E-state index contributed by atoms with van der Waals surface area (Å²) in [5, 5.41) is 7.20. The van der Waals surface area contributed by atoms with E-state index in [1.165, 1.54) is 32.3 Å².